The van der Waals surface area contributed by atoms with Gasteiger partial charge in [-0.1, -0.05) is 23.2 Å². The Bertz CT molecular complexity index is 952. The quantitative estimate of drug-likeness (QED) is 0.790. The van der Waals surface area contributed by atoms with E-state index >= 15 is 0 Å². The molecule has 1 N–H and O–H groups in total. The second kappa shape index (κ2) is 8.14. The molecule has 0 bridgehead atoms. The predicted molar refractivity (Wildman–Crippen MR) is 103 cm³/mol. The third kappa shape index (κ3) is 4.60. The number of halogens is 3. The number of amides is 1. The van der Waals surface area contributed by atoms with E-state index in [1.807, 2.05) is 0 Å². The van der Waals surface area contributed by atoms with Gasteiger partial charge in [0, 0.05) is 23.8 Å². The summed E-state index contributed by atoms with van der Waals surface area (Å²) in [5.41, 5.74) is 0.365. The molecule has 3 rings (SSSR count). The van der Waals surface area contributed by atoms with Crippen LogP contribution in [0.5, 0.6) is 0 Å². The van der Waals surface area contributed by atoms with Crippen molar-refractivity contribution in [3.05, 3.63) is 58.3 Å². The van der Waals surface area contributed by atoms with Crippen molar-refractivity contribution in [2.24, 2.45) is 5.92 Å². The minimum atomic E-state index is -3.71. The van der Waals surface area contributed by atoms with Crippen molar-refractivity contribution in [3.63, 3.8) is 0 Å². The molecule has 0 aromatic heterocycles. The fraction of sp³-hybridized carbons (Fsp3) is 0.278. The van der Waals surface area contributed by atoms with Crippen LogP contribution in [0.3, 0.4) is 0 Å². The summed E-state index contributed by atoms with van der Waals surface area (Å²) in [4.78, 5) is 12.7. The number of carbonyl (C=O) groups is 1. The van der Waals surface area contributed by atoms with E-state index in [0.717, 1.165) is 6.07 Å². The first-order chi connectivity index (χ1) is 12.8. The lowest BCUT2D eigenvalue weighted by Crippen LogP contribution is -2.43. The zero-order valence-corrected chi connectivity index (χ0v) is 16.5. The summed E-state index contributed by atoms with van der Waals surface area (Å²) < 4.78 is 40.1. The van der Waals surface area contributed by atoms with Gasteiger partial charge in [-0.3, -0.25) is 4.79 Å². The zero-order chi connectivity index (χ0) is 19.6. The molecular weight excluding hydrogens is 414 g/mol. The zero-order valence-electron chi connectivity index (χ0n) is 14.2. The van der Waals surface area contributed by atoms with Crippen molar-refractivity contribution in [2.75, 3.05) is 18.4 Å². The van der Waals surface area contributed by atoms with Gasteiger partial charge in [0.1, 0.15) is 5.82 Å². The maximum absolute atomic E-state index is 13.2. The van der Waals surface area contributed by atoms with Gasteiger partial charge >= 0.3 is 0 Å². The van der Waals surface area contributed by atoms with Crippen LogP contribution in [0.1, 0.15) is 12.8 Å². The lowest BCUT2D eigenvalue weighted by molar-refractivity contribution is -0.120. The monoisotopic (exact) mass is 430 g/mol. The van der Waals surface area contributed by atoms with Gasteiger partial charge in [-0.25, -0.2) is 12.8 Å². The minimum absolute atomic E-state index is 0.0751. The Morgan fingerprint density at radius 2 is 1.85 bits per heavy atom. The van der Waals surface area contributed by atoms with E-state index in [2.05, 4.69) is 5.32 Å². The van der Waals surface area contributed by atoms with Crippen molar-refractivity contribution < 1.29 is 17.6 Å². The molecule has 1 aliphatic rings. The molecule has 0 radical (unpaired) electrons. The molecule has 27 heavy (non-hydrogen) atoms. The topological polar surface area (TPSA) is 66.5 Å². The number of hydrogen-bond donors (Lipinski definition) is 1. The summed E-state index contributed by atoms with van der Waals surface area (Å²) in [5.74, 6) is -1.41. The Morgan fingerprint density at radius 3 is 2.52 bits per heavy atom. The van der Waals surface area contributed by atoms with E-state index in [1.165, 1.54) is 40.7 Å². The molecule has 144 valence electrons. The third-order valence-electron chi connectivity index (χ3n) is 4.39. The molecule has 0 spiro atoms. The summed E-state index contributed by atoms with van der Waals surface area (Å²) >= 11 is 11.5. The van der Waals surface area contributed by atoms with Crippen LogP contribution < -0.4 is 5.32 Å². The summed E-state index contributed by atoms with van der Waals surface area (Å²) in [5, 5.41) is 3.02. The third-order valence-corrected chi connectivity index (χ3v) is 6.81. The van der Waals surface area contributed by atoms with Crippen LogP contribution in [0.25, 0.3) is 0 Å². The van der Waals surface area contributed by atoms with Crippen LogP contribution in [0.2, 0.25) is 10.0 Å². The number of hydrogen-bond acceptors (Lipinski definition) is 3. The van der Waals surface area contributed by atoms with Gasteiger partial charge in [0.2, 0.25) is 15.9 Å². The standard InChI is InChI=1S/C18H17Cl2FN2O3S/c19-13-3-6-15(7-4-13)27(25,26)23-9-1-2-12(11-23)18(24)22-14-5-8-17(21)16(20)10-14/h3-8,10,12H,1-2,9,11H2,(H,22,24)/t12-/m1/s1. The number of nitrogens with zero attached hydrogens (tertiary/aromatic N) is 1. The Hall–Kier alpha value is -1.67. The lowest BCUT2D eigenvalue weighted by atomic mass is 9.99. The molecule has 0 unspecified atom stereocenters. The fourth-order valence-electron chi connectivity index (χ4n) is 2.95. The molecule has 5 nitrogen and oxygen atoms in total. The van der Waals surface area contributed by atoms with Gasteiger partial charge < -0.3 is 5.32 Å². The molecule has 1 fully saturated rings. The fourth-order valence-corrected chi connectivity index (χ4v) is 4.78. The first-order valence-electron chi connectivity index (χ1n) is 8.29. The lowest BCUT2D eigenvalue weighted by Gasteiger charge is -2.31. The molecule has 1 atom stereocenters. The highest BCUT2D eigenvalue weighted by Crippen LogP contribution is 2.26. The van der Waals surface area contributed by atoms with E-state index in [9.17, 15) is 17.6 Å². The first kappa shape index (κ1) is 20.1. The smallest absolute Gasteiger partial charge is 0.243 e. The molecule has 9 heteroatoms. The van der Waals surface area contributed by atoms with Gasteiger partial charge in [0.15, 0.2) is 0 Å². The molecule has 2 aromatic carbocycles. The van der Waals surface area contributed by atoms with Crippen LogP contribution in [-0.2, 0) is 14.8 Å². The maximum atomic E-state index is 13.2. The summed E-state index contributed by atoms with van der Waals surface area (Å²) in [7, 11) is -3.71. The van der Waals surface area contributed by atoms with Crippen LogP contribution in [0.4, 0.5) is 10.1 Å². The number of sulfonamides is 1. The molecular formula is C18H17Cl2FN2O3S. The minimum Gasteiger partial charge on any atom is -0.326 e. The van der Waals surface area contributed by atoms with Crippen molar-refractivity contribution in [1.29, 1.82) is 0 Å². The summed E-state index contributed by atoms with van der Waals surface area (Å²) in [6, 6.07) is 9.81. The number of carbonyl (C=O) groups excluding carboxylic acids is 1. The summed E-state index contributed by atoms with van der Waals surface area (Å²) in [6.45, 7) is 0.419. The van der Waals surface area contributed by atoms with Crippen LogP contribution >= 0.6 is 23.2 Å². The van der Waals surface area contributed by atoms with Gasteiger partial charge in [-0.05, 0) is 55.3 Å². The second-order valence-electron chi connectivity index (χ2n) is 6.27. The summed E-state index contributed by atoms with van der Waals surface area (Å²) in [6.07, 6.45) is 1.13. The first-order valence-corrected chi connectivity index (χ1v) is 10.5. The van der Waals surface area contributed by atoms with E-state index in [-0.39, 0.29) is 22.4 Å². The van der Waals surface area contributed by atoms with Crippen LogP contribution in [-0.4, -0.2) is 31.7 Å². The molecule has 0 saturated carbocycles. The van der Waals surface area contributed by atoms with Gasteiger partial charge in [-0.15, -0.1) is 0 Å². The van der Waals surface area contributed by atoms with Crippen LogP contribution in [0.15, 0.2) is 47.4 Å². The van der Waals surface area contributed by atoms with E-state index < -0.39 is 21.8 Å². The molecule has 1 heterocycles. The Morgan fingerprint density at radius 1 is 1.15 bits per heavy atom. The number of benzene rings is 2. The number of piperidine rings is 1. The Labute approximate surface area is 167 Å². The molecule has 2 aromatic rings. The number of rotatable bonds is 4. The van der Waals surface area contributed by atoms with E-state index in [4.69, 9.17) is 23.2 Å². The SMILES string of the molecule is O=C(Nc1ccc(F)c(Cl)c1)[C@@H]1CCCN(S(=O)(=O)c2ccc(Cl)cc2)C1. The average Bonchev–Trinajstić information content (AvgIpc) is 2.65. The van der Waals surface area contributed by atoms with E-state index in [1.54, 1.807) is 0 Å². The van der Waals surface area contributed by atoms with Gasteiger partial charge in [-0.2, -0.15) is 4.31 Å². The molecule has 1 amide bonds. The van der Waals surface area contributed by atoms with Gasteiger partial charge in [0.05, 0.1) is 15.8 Å². The van der Waals surface area contributed by atoms with Gasteiger partial charge in [0.25, 0.3) is 0 Å². The predicted octanol–water partition coefficient (Wildman–Crippen LogP) is 4.17. The average molecular weight is 431 g/mol. The maximum Gasteiger partial charge on any atom is 0.243 e. The second-order valence-corrected chi connectivity index (χ2v) is 9.06. The molecule has 1 saturated heterocycles. The molecule has 1 aliphatic heterocycles. The number of anilines is 1. The highest BCUT2D eigenvalue weighted by atomic mass is 35.5. The Kier molecular flexibility index (Phi) is 6.05. The Balaban J connectivity index is 1.72. The normalized spacial score (nSPS) is 18.3. The van der Waals surface area contributed by atoms with Crippen molar-refractivity contribution in [2.45, 2.75) is 17.7 Å². The van der Waals surface area contributed by atoms with Crippen molar-refractivity contribution in [3.8, 4) is 0 Å². The molecule has 0 aliphatic carbocycles. The van der Waals surface area contributed by atoms with Crippen LogP contribution in [0, 0.1) is 11.7 Å². The highest BCUT2D eigenvalue weighted by Gasteiger charge is 2.33. The largest absolute Gasteiger partial charge is 0.326 e. The van der Waals surface area contributed by atoms with Crippen molar-refractivity contribution in [1.82, 2.24) is 4.31 Å². The number of nitrogens with one attached hydrogen (secondary N) is 1. The highest BCUT2D eigenvalue weighted by molar-refractivity contribution is 7.89. The van der Waals surface area contributed by atoms with E-state index in [0.29, 0.717) is 30.1 Å². The van der Waals surface area contributed by atoms with Crippen molar-refractivity contribution >= 4 is 44.8 Å².